The number of para-hydroxylation sites is 2. The van der Waals surface area contributed by atoms with Gasteiger partial charge in [0.05, 0.1) is 0 Å². The van der Waals surface area contributed by atoms with Crippen LogP contribution in [0, 0.1) is 0 Å². The fourth-order valence-electron chi connectivity index (χ4n) is 4.79. The van der Waals surface area contributed by atoms with Gasteiger partial charge in [0.25, 0.3) is 0 Å². The number of hydrogen-bond donors (Lipinski definition) is 1. The molecule has 1 amide bonds. The molecule has 1 aliphatic rings. The van der Waals surface area contributed by atoms with Crippen LogP contribution >= 0.6 is 0 Å². The van der Waals surface area contributed by atoms with Crippen LogP contribution in [-0.4, -0.2) is 23.1 Å². The van der Waals surface area contributed by atoms with E-state index in [1.165, 1.54) is 27.4 Å². The zero-order valence-corrected chi connectivity index (χ0v) is 17.6. The summed E-state index contributed by atoms with van der Waals surface area (Å²) in [6, 6.07) is 22.9. The van der Waals surface area contributed by atoms with E-state index >= 15 is 0 Å². The minimum atomic E-state index is -0.298. The lowest BCUT2D eigenvalue weighted by atomic mass is 10.0. The first kappa shape index (κ1) is 18.7. The van der Waals surface area contributed by atoms with E-state index in [4.69, 9.17) is 0 Å². The third kappa shape index (κ3) is 3.04. The van der Waals surface area contributed by atoms with Crippen molar-refractivity contribution < 1.29 is 4.79 Å². The third-order valence-corrected chi connectivity index (χ3v) is 6.22. The van der Waals surface area contributed by atoms with Crippen LogP contribution in [0.3, 0.4) is 0 Å². The van der Waals surface area contributed by atoms with Crippen LogP contribution in [-0.2, 0) is 17.8 Å². The number of aryl methyl sites for hydroxylation is 2. The van der Waals surface area contributed by atoms with E-state index in [0.29, 0.717) is 0 Å². The van der Waals surface area contributed by atoms with Crippen molar-refractivity contribution >= 4 is 39.1 Å². The lowest BCUT2D eigenvalue weighted by molar-refractivity contribution is -0.119. The Morgan fingerprint density at radius 3 is 2.63 bits per heavy atom. The quantitative estimate of drug-likeness (QED) is 0.487. The Bertz CT molecular complexity index is 1240. The predicted octanol–water partition coefficient (Wildman–Crippen LogP) is 5.59. The maximum atomic E-state index is 13.3. The molecule has 2 heterocycles. The van der Waals surface area contributed by atoms with Gasteiger partial charge in [-0.1, -0.05) is 36.4 Å². The number of carbonyl (C=O) groups is 1. The summed E-state index contributed by atoms with van der Waals surface area (Å²) in [7, 11) is 0. The van der Waals surface area contributed by atoms with Crippen molar-refractivity contribution in [2.75, 3.05) is 16.8 Å². The molecule has 0 bridgehead atoms. The van der Waals surface area contributed by atoms with Crippen LogP contribution in [0.15, 0.2) is 66.7 Å². The summed E-state index contributed by atoms with van der Waals surface area (Å²) in [6.45, 7) is 5.85. The van der Waals surface area contributed by atoms with Gasteiger partial charge in [0.1, 0.15) is 6.04 Å². The summed E-state index contributed by atoms with van der Waals surface area (Å²) in [5, 5.41) is 5.93. The molecule has 1 aliphatic heterocycles. The first-order valence-electron chi connectivity index (χ1n) is 10.8. The van der Waals surface area contributed by atoms with Crippen molar-refractivity contribution in [1.29, 1.82) is 0 Å². The van der Waals surface area contributed by atoms with Crippen molar-refractivity contribution in [3.05, 3.63) is 72.3 Å². The third-order valence-electron chi connectivity index (χ3n) is 6.22. The van der Waals surface area contributed by atoms with Crippen LogP contribution in [0.1, 0.15) is 25.8 Å². The predicted molar refractivity (Wildman–Crippen MR) is 125 cm³/mol. The molecule has 0 fully saturated rings. The molecule has 1 unspecified atom stereocenters. The highest BCUT2D eigenvalue weighted by molar-refractivity contribution is 6.09. The summed E-state index contributed by atoms with van der Waals surface area (Å²) >= 11 is 0. The lowest BCUT2D eigenvalue weighted by Gasteiger charge is -2.32. The molecule has 0 spiro atoms. The topological polar surface area (TPSA) is 37.3 Å². The molecule has 1 atom stereocenters. The Hall–Kier alpha value is -3.27. The van der Waals surface area contributed by atoms with Crippen LogP contribution < -0.4 is 10.2 Å². The van der Waals surface area contributed by atoms with E-state index in [9.17, 15) is 4.79 Å². The van der Waals surface area contributed by atoms with Crippen LogP contribution in [0.5, 0.6) is 0 Å². The number of nitrogens with one attached hydrogen (secondary N) is 1. The van der Waals surface area contributed by atoms with Crippen molar-refractivity contribution in [2.45, 2.75) is 39.3 Å². The molecule has 0 saturated carbocycles. The normalized spacial score (nSPS) is 14.7. The second kappa shape index (κ2) is 7.52. The van der Waals surface area contributed by atoms with Gasteiger partial charge in [-0.25, -0.2) is 0 Å². The average molecular weight is 398 g/mol. The Kier molecular flexibility index (Phi) is 4.70. The number of benzene rings is 3. The molecular weight excluding hydrogens is 370 g/mol. The molecule has 0 radical (unpaired) electrons. The molecule has 1 aromatic heterocycles. The fraction of sp³-hybridized carbons (Fsp3) is 0.269. The van der Waals surface area contributed by atoms with Crippen LogP contribution in [0.2, 0.25) is 0 Å². The largest absolute Gasteiger partial charge is 0.374 e. The lowest BCUT2D eigenvalue weighted by Crippen LogP contribution is -2.44. The van der Waals surface area contributed by atoms with Gasteiger partial charge in [-0.15, -0.1) is 0 Å². The van der Waals surface area contributed by atoms with Gasteiger partial charge in [0.15, 0.2) is 0 Å². The highest BCUT2D eigenvalue weighted by Gasteiger charge is 2.26. The monoisotopic (exact) mass is 397 g/mol. The number of anilines is 2. The van der Waals surface area contributed by atoms with E-state index in [2.05, 4.69) is 77.5 Å². The molecule has 4 nitrogen and oxygen atoms in total. The summed E-state index contributed by atoms with van der Waals surface area (Å²) in [6.07, 6.45) is 2.05. The molecule has 0 aliphatic carbocycles. The van der Waals surface area contributed by atoms with E-state index in [1.807, 2.05) is 17.9 Å². The van der Waals surface area contributed by atoms with E-state index < -0.39 is 0 Å². The van der Waals surface area contributed by atoms with E-state index in [0.717, 1.165) is 37.3 Å². The van der Waals surface area contributed by atoms with Gasteiger partial charge in [-0.2, -0.15) is 0 Å². The number of amides is 1. The number of hydrogen-bond acceptors (Lipinski definition) is 2. The smallest absolute Gasteiger partial charge is 0.249 e. The molecular formula is C26H27N3O. The van der Waals surface area contributed by atoms with Gasteiger partial charge in [-0.3, -0.25) is 4.79 Å². The molecule has 0 saturated heterocycles. The number of fused-ring (bicyclic) bond motifs is 4. The minimum Gasteiger partial charge on any atom is -0.374 e. The van der Waals surface area contributed by atoms with Gasteiger partial charge in [-0.05, 0) is 62.6 Å². The second-order valence-corrected chi connectivity index (χ2v) is 8.08. The van der Waals surface area contributed by atoms with Gasteiger partial charge < -0.3 is 14.8 Å². The minimum absolute atomic E-state index is 0.123. The Morgan fingerprint density at radius 1 is 1.00 bits per heavy atom. The number of rotatable bonds is 4. The number of carbonyl (C=O) groups excluding carboxylic acids is 1. The Labute approximate surface area is 177 Å². The van der Waals surface area contributed by atoms with Gasteiger partial charge >= 0.3 is 0 Å². The maximum Gasteiger partial charge on any atom is 0.249 e. The molecule has 3 aromatic carbocycles. The number of aromatic nitrogens is 1. The molecule has 152 valence electrons. The zero-order valence-electron chi connectivity index (χ0n) is 17.6. The summed E-state index contributed by atoms with van der Waals surface area (Å²) in [5.74, 6) is 0.123. The average Bonchev–Trinajstić information content (AvgIpc) is 3.11. The second-order valence-electron chi connectivity index (χ2n) is 8.08. The first-order chi connectivity index (χ1) is 14.7. The molecule has 5 rings (SSSR count). The summed E-state index contributed by atoms with van der Waals surface area (Å²) in [5.41, 5.74) is 5.78. The standard InChI is InChI=1S/C26H27N3O/c1-3-28-24-13-7-5-11-21(24)22-17-20(14-15-25(22)28)27-18(2)26(30)29-16-8-10-19-9-4-6-12-23(19)29/h4-7,9,11-15,17-18,27H,3,8,10,16H2,1-2H3. The van der Waals surface area contributed by atoms with Crippen molar-refractivity contribution in [3.63, 3.8) is 0 Å². The highest BCUT2D eigenvalue weighted by atomic mass is 16.2. The van der Waals surface area contributed by atoms with Crippen LogP contribution in [0.4, 0.5) is 11.4 Å². The summed E-state index contributed by atoms with van der Waals surface area (Å²) in [4.78, 5) is 15.2. The van der Waals surface area contributed by atoms with E-state index in [-0.39, 0.29) is 11.9 Å². The highest BCUT2D eigenvalue weighted by Crippen LogP contribution is 2.32. The van der Waals surface area contributed by atoms with Crippen molar-refractivity contribution in [1.82, 2.24) is 4.57 Å². The molecule has 1 N–H and O–H groups in total. The fourth-order valence-corrected chi connectivity index (χ4v) is 4.79. The Morgan fingerprint density at radius 2 is 1.77 bits per heavy atom. The summed E-state index contributed by atoms with van der Waals surface area (Å²) < 4.78 is 2.34. The van der Waals surface area contributed by atoms with E-state index in [1.54, 1.807) is 0 Å². The first-order valence-corrected chi connectivity index (χ1v) is 10.8. The maximum absolute atomic E-state index is 13.3. The van der Waals surface area contributed by atoms with Gasteiger partial charge in [0.2, 0.25) is 5.91 Å². The van der Waals surface area contributed by atoms with Crippen molar-refractivity contribution in [3.8, 4) is 0 Å². The van der Waals surface area contributed by atoms with Crippen LogP contribution in [0.25, 0.3) is 21.8 Å². The van der Waals surface area contributed by atoms with Crippen molar-refractivity contribution in [2.24, 2.45) is 0 Å². The van der Waals surface area contributed by atoms with Gasteiger partial charge in [0, 0.05) is 46.3 Å². The SMILES string of the molecule is CCn1c2ccccc2c2cc(NC(C)C(=O)N3CCCc4ccccc43)ccc21. The molecule has 4 aromatic rings. The molecule has 4 heteroatoms. The zero-order chi connectivity index (χ0) is 20.7. The number of nitrogens with zero attached hydrogens (tertiary/aromatic N) is 2. The Balaban J connectivity index is 1.44. The molecule has 30 heavy (non-hydrogen) atoms.